The Bertz CT molecular complexity index is 426. The highest BCUT2D eigenvalue weighted by Gasteiger charge is 2.18. The number of pyridine rings is 1. The van der Waals surface area contributed by atoms with E-state index in [2.05, 4.69) is 34.8 Å². The Labute approximate surface area is 121 Å². The summed E-state index contributed by atoms with van der Waals surface area (Å²) < 4.78 is 6.10. The number of aromatic nitrogens is 1. The molecule has 0 bridgehead atoms. The van der Waals surface area contributed by atoms with Crippen LogP contribution in [0.3, 0.4) is 0 Å². The maximum absolute atomic E-state index is 10.9. The summed E-state index contributed by atoms with van der Waals surface area (Å²) in [7, 11) is 0. The third kappa shape index (κ3) is 5.14. The molecule has 106 valence electrons. The van der Waals surface area contributed by atoms with E-state index in [9.17, 15) is 10.1 Å². The molecule has 1 rings (SSSR count). The Balaban J connectivity index is 2.68. The molecule has 19 heavy (non-hydrogen) atoms. The van der Waals surface area contributed by atoms with Gasteiger partial charge < -0.3 is 4.74 Å². The molecule has 6 heteroatoms. The minimum atomic E-state index is -0.472. The lowest BCUT2D eigenvalue weighted by atomic mass is 10.0. The molecule has 0 N–H and O–H groups in total. The van der Waals surface area contributed by atoms with E-state index in [-0.39, 0.29) is 11.6 Å². The average molecular weight is 331 g/mol. The van der Waals surface area contributed by atoms with Crippen molar-refractivity contribution < 1.29 is 9.66 Å². The molecule has 0 saturated heterocycles. The van der Waals surface area contributed by atoms with Gasteiger partial charge in [-0.3, -0.25) is 10.1 Å². The van der Waals surface area contributed by atoms with E-state index in [1.54, 1.807) is 0 Å². The van der Waals surface area contributed by atoms with E-state index < -0.39 is 4.92 Å². The summed E-state index contributed by atoms with van der Waals surface area (Å²) in [5.74, 6) is 0.521. The number of hydrogen-bond donors (Lipinski definition) is 0. The minimum Gasteiger partial charge on any atom is -0.473 e. The SMILES string of the molecule is CCCCC(CC)COc1ncc(Br)cc1[N+](=O)[O-]. The van der Waals surface area contributed by atoms with E-state index in [0.29, 0.717) is 17.0 Å². The summed E-state index contributed by atoms with van der Waals surface area (Å²) in [5.41, 5.74) is -0.0975. The second kappa shape index (κ2) is 8.09. The average Bonchev–Trinajstić information content (AvgIpc) is 2.40. The highest BCUT2D eigenvalue weighted by molar-refractivity contribution is 9.10. The fraction of sp³-hybridized carbons (Fsp3) is 0.615. The van der Waals surface area contributed by atoms with Crippen molar-refractivity contribution in [1.29, 1.82) is 0 Å². The molecule has 0 aliphatic rings. The number of rotatable bonds is 8. The molecule has 0 spiro atoms. The van der Waals surface area contributed by atoms with Gasteiger partial charge in [0.15, 0.2) is 0 Å². The lowest BCUT2D eigenvalue weighted by Gasteiger charge is -2.14. The first-order valence-electron chi connectivity index (χ1n) is 6.51. The third-order valence-electron chi connectivity index (χ3n) is 2.99. The summed E-state index contributed by atoms with van der Waals surface area (Å²) in [5, 5.41) is 10.9. The Morgan fingerprint density at radius 1 is 1.53 bits per heavy atom. The zero-order chi connectivity index (χ0) is 14.3. The van der Waals surface area contributed by atoms with Gasteiger partial charge in [-0.15, -0.1) is 0 Å². The fourth-order valence-electron chi connectivity index (χ4n) is 1.75. The summed E-state index contributed by atoms with van der Waals surface area (Å²) in [4.78, 5) is 14.4. The summed E-state index contributed by atoms with van der Waals surface area (Å²) in [6.45, 7) is 4.73. The van der Waals surface area contributed by atoms with Gasteiger partial charge in [-0.05, 0) is 28.3 Å². The van der Waals surface area contributed by atoms with Crippen molar-refractivity contribution in [2.45, 2.75) is 39.5 Å². The number of nitrogens with zero attached hydrogens (tertiary/aromatic N) is 2. The van der Waals surface area contributed by atoms with E-state index in [4.69, 9.17) is 4.74 Å². The Kier molecular flexibility index (Phi) is 6.77. The molecule has 0 radical (unpaired) electrons. The van der Waals surface area contributed by atoms with Gasteiger partial charge in [-0.25, -0.2) is 4.98 Å². The maximum Gasteiger partial charge on any atom is 0.332 e. The van der Waals surface area contributed by atoms with E-state index in [1.165, 1.54) is 12.3 Å². The second-order valence-corrected chi connectivity index (χ2v) is 5.38. The fourth-order valence-corrected chi connectivity index (χ4v) is 2.07. The van der Waals surface area contributed by atoms with Gasteiger partial charge in [-0.2, -0.15) is 0 Å². The molecular formula is C13H19BrN2O3. The van der Waals surface area contributed by atoms with Crippen molar-refractivity contribution in [1.82, 2.24) is 4.98 Å². The second-order valence-electron chi connectivity index (χ2n) is 4.46. The van der Waals surface area contributed by atoms with Crippen LogP contribution in [0.5, 0.6) is 5.88 Å². The molecular weight excluding hydrogens is 312 g/mol. The molecule has 1 unspecified atom stereocenters. The molecule has 5 nitrogen and oxygen atoms in total. The van der Waals surface area contributed by atoms with Crippen LogP contribution in [0.2, 0.25) is 0 Å². The minimum absolute atomic E-state index is 0.0975. The zero-order valence-corrected chi connectivity index (χ0v) is 12.9. The summed E-state index contributed by atoms with van der Waals surface area (Å²) in [6.07, 6.45) is 5.89. The molecule has 0 amide bonds. The number of halogens is 1. The molecule has 1 aromatic heterocycles. The van der Waals surface area contributed by atoms with E-state index in [1.807, 2.05) is 0 Å². The number of hydrogen-bond acceptors (Lipinski definition) is 4. The number of ether oxygens (including phenoxy) is 1. The number of unbranched alkanes of at least 4 members (excludes halogenated alkanes) is 1. The lowest BCUT2D eigenvalue weighted by molar-refractivity contribution is -0.386. The first-order chi connectivity index (χ1) is 9.08. The van der Waals surface area contributed by atoms with Crippen molar-refractivity contribution in [2.24, 2.45) is 5.92 Å². The van der Waals surface area contributed by atoms with Crippen LogP contribution in [0, 0.1) is 16.0 Å². The van der Waals surface area contributed by atoms with Crippen LogP contribution in [0.15, 0.2) is 16.7 Å². The Hall–Kier alpha value is -1.17. The quantitative estimate of drug-likeness (QED) is 0.525. The Morgan fingerprint density at radius 2 is 2.26 bits per heavy atom. The molecule has 0 fully saturated rings. The first kappa shape index (κ1) is 15.9. The molecule has 1 atom stereocenters. The van der Waals surface area contributed by atoms with Gasteiger partial charge in [-0.1, -0.05) is 33.1 Å². The van der Waals surface area contributed by atoms with E-state index in [0.717, 1.165) is 25.7 Å². The van der Waals surface area contributed by atoms with Crippen LogP contribution in [-0.4, -0.2) is 16.5 Å². The van der Waals surface area contributed by atoms with Crippen LogP contribution in [0.1, 0.15) is 39.5 Å². The highest BCUT2D eigenvalue weighted by atomic mass is 79.9. The first-order valence-corrected chi connectivity index (χ1v) is 7.30. The van der Waals surface area contributed by atoms with Crippen molar-refractivity contribution in [3.05, 3.63) is 26.9 Å². The van der Waals surface area contributed by atoms with E-state index >= 15 is 0 Å². The predicted octanol–water partition coefficient (Wildman–Crippen LogP) is 4.35. The zero-order valence-electron chi connectivity index (χ0n) is 11.3. The third-order valence-corrected chi connectivity index (χ3v) is 3.43. The number of nitro groups is 1. The molecule has 0 saturated carbocycles. The van der Waals surface area contributed by atoms with Crippen molar-refractivity contribution in [2.75, 3.05) is 6.61 Å². The van der Waals surface area contributed by atoms with Crippen LogP contribution >= 0.6 is 15.9 Å². The highest BCUT2D eigenvalue weighted by Crippen LogP contribution is 2.28. The van der Waals surface area contributed by atoms with Crippen LogP contribution in [-0.2, 0) is 0 Å². The van der Waals surface area contributed by atoms with Gasteiger partial charge in [0, 0.05) is 16.7 Å². The van der Waals surface area contributed by atoms with Crippen LogP contribution in [0.25, 0.3) is 0 Å². The summed E-state index contributed by atoms with van der Waals surface area (Å²) in [6, 6.07) is 1.41. The predicted molar refractivity (Wildman–Crippen MR) is 77.4 cm³/mol. The largest absolute Gasteiger partial charge is 0.473 e. The van der Waals surface area contributed by atoms with Gasteiger partial charge in [0.1, 0.15) is 0 Å². The molecule has 0 aliphatic carbocycles. The van der Waals surface area contributed by atoms with Gasteiger partial charge in [0.2, 0.25) is 0 Å². The standard InChI is InChI=1S/C13H19BrN2O3/c1-3-5-6-10(4-2)9-19-13-12(16(17)18)7-11(14)8-15-13/h7-8,10H,3-6,9H2,1-2H3. The van der Waals surface area contributed by atoms with Gasteiger partial charge in [0.25, 0.3) is 5.88 Å². The Morgan fingerprint density at radius 3 is 2.84 bits per heavy atom. The van der Waals surface area contributed by atoms with Crippen LogP contribution in [0.4, 0.5) is 5.69 Å². The van der Waals surface area contributed by atoms with Crippen molar-refractivity contribution >= 4 is 21.6 Å². The van der Waals surface area contributed by atoms with Gasteiger partial charge in [0.05, 0.1) is 11.5 Å². The van der Waals surface area contributed by atoms with Gasteiger partial charge >= 0.3 is 5.69 Å². The molecule has 1 heterocycles. The van der Waals surface area contributed by atoms with Crippen LogP contribution < -0.4 is 4.74 Å². The van der Waals surface area contributed by atoms with Crippen molar-refractivity contribution in [3.8, 4) is 5.88 Å². The monoisotopic (exact) mass is 330 g/mol. The molecule has 1 aromatic rings. The lowest BCUT2D eigenvalue weighted by Crippen LogP contribution is -2.12. The van der Waals surface area contributed by atoms with Crippen molar-refractivity contribution in [3.63, 3.8) is 0 Å². The smallest absolute Gasteiger partial charge is 0.332 e. The molecule has 0 aromatic carbocycles. The maximum atomic E-state index is 10.9. The molecule has 0 aliphatic heterocycles. The topological polar surface area (TPSA) is 65.3 Å². The normalized spacial score (nSPS) is 12.2. The summed E-state index contributed by atoms with van der Waals surface area (Å²) >= 11 is 3.17.